The largest absolute Gasteiger partial charge is 0.509 e. The quantitative estimate of drug-likeness (QED) is 0.537. The van der Waals surface area contributed by atoms with Crippen molar-refractivity contribution >= 4 is 6.16 Å². The molecule has 0 N–H and O–H groups in total. The van der Waals surface area contributed by atoms with Crippen LogP contribution in [0.4, 0.5) is 4.79 Å². The summed E-state index contributed by atoms with van der Waals surface area (Å²) in [6.07, 6.45) is 2.02. The van der Waals surface area contributed by atoms with Crippen molar-refractivity contribution in [2.24, 2.45) is 0 Å². The van der Waals surface area contributed by atoms with Crippen LogP contribution in [0, 0.1) is 0 Å². The van der Waals surface area contributed by atoms with Crippen LogP contribution in [-0.4, -0.2) is 31.1 Å². The summed E-state index contributed by atoms with van der Waals surface area (Å²) in [4.78, 5) is 10.9. The Morgan fingerprint density at radius 1 is 1.31 bits per heavy atom. The van der Waals surface area contributed by atoms with Crippen LogP contribution >= 0.6 is 0 Å². The molecule has 0 spiro atoms. The average molecular weight is 186 g/mol. The Balaban J connectivity index is 2.00. The maximum Gasteiger partial charge on any atom is 0.509 e. The van der Waals surface area contributed by atoms with E-state index in [1.807, 2.05) is 6.92 Å². The van der Waals surface area contributed by atoms with Gasteiger partial charge in [0.2, 0.25) is 0 Å². The first-order chi connectivity index (χ1) is 6.25. The fourth-order valence-electron chi connectivity index (χ4n) is 1.84. The Hall–Kier alpha value is -0.770. The smallest absolute Gasteiger partial charge is 0.427 e. The average Bonchev–Trinajstić information content (AvgIpc) is 2.36. The van der Waals surface area contributed by atoms with E-state index < -0.39 is 6.16 Å². The third-order valence-corrected chi connectivity index (χ3v) is 2.51. The molecule has 0 saturated carbocycles. The van der Waals surface area contributed by atoms with Crippen molar-refractivity contribution in [2.45, 2.75) is 44.5 Å². The summed E-state index contributed by atoms with van der Waals surface area (Å²) in [5, 5.41) is 0. The van der Waals surface area contributed by atoms with E-state index in [-0.39, 0.29) is 18.3 Å². The molecule has 0 bridgehead atoms. The SMILES string of the molecule is C[C@H]1CC2OC(=O)O[C@@H]2CCCO1. The van der Waals surface area contributed by atoms with Gasteiger partial charge in [0.15, 0.2) is 0 Å². The first kappa shape index (κ1) is 8.81. The van der Waals surface area contributed by atoms with E-state index in [4.69, 9.17) is 14.2 Å². The van der Waals surface area contributed by atoms with E-state index in [0.717, 1.165) is 25.9 Å². The minimum Gasteiger partial charge on any atom is -0.427 e. The van der Waals surface area contributed by atoms with E-state index in [1.54, 1.807) is 0 Å². The molecule has 2 heterocycles. The number of rotatable bonds is 0. The lowest BCUT2D eigenvalue weighted by Gasteiger charge is -2.22. The minimum atomic E-state index is -0.524. The van der Waals surface area contributed by atoms with Gasteiger partial charge >= 0.3 is 6.16 Å². The maximum atomic E-state index is 10.9. The van der Waals surface area contributed by atoms with Gasteiger partial charge in [-0.05, 0) is 19.8 Å². The monoisotopic (exact) mass is 186 g/mol. The highest BCUT2D eigenvalue weighted by molar-refractivity contribution is 5.62. The van der Waals surface area contributed by atoms with Crippen molar-refractivity contribution in [3.63, 3.8) is 0 Å². The second-order valence-corrected chi connectivity index (χ2v) is 3.62. The van der Waals surface area contributed by atoms with E-state index in [0.29, 0.717) is 0 Å². The van der Waals surface area contributed by atoms with Gasteiger partial charge in [0.25, 0.3) is 0 Å². The molecule has 2 saturated heterocycles. The van der Waals surface area contributed by atoms with Gasteiger partial charge < -0.3 is 14.2 Å². The number of ether oxygens (including phenoxy) is 3. The highest BCUT2D eigenvalue weighted by Gasteiger charge is 2.37. The number of hydrogen-bond acceptors (Lipinski definition) is 4. The van der Waals surface area contributed by atoms with Crippen LogP contribution in [0.1, 0.15) is 26.2 Å². The molecule has 3 atom stereocenters. The summed E-state index contributed by atoms with van der Waals surface area (Å²) in [6.45, 7) is 2.75. The van der Waals surface area contributed by atoms with Gasteiger partial charge in [-0.1, -0.05) is 0 Å². The molecule has 2 rings (SSSR count). The molecular weight excluding hydrogens is 172 g/mol. The highest BCUT2D eigenvalue weighted by Crippen LogP contribution is 2.25. The molecule has 0 aromatic rings. The summed E-state index contributed by atoms with van der Waals surface area (Å²) >= 11 is 0. The first-order valence-corrected chi connectivity index (χ1v) is 4.74. The van der Waals surface area contributed by atoms with E-state index >= 15 is 0 Å². The van der Waals surface area contributed by atoms with E-state index in [1.165, 1.54) is 0 Å². The van der Waals surface area contributed by atoms with Crippen LogP contribution in [0.3, 0.4) is 0 Å². The van der Waals surface area contributed by atoms with Crippen LogP contribution in [-0.2, 0) is 14.2 Å². The Kier molecular flexibility index (Phi) is 2.40. The lowest BCUT2D eigenvalue weighted by atomic mass is 10.0. The van der Waals surface area contributed by atoms with Crippen LogP contribution < -0.4 is 0 Å². The molecule has 0 radical (unpaired) electrons. The molecule has 1 unspecified atom stereocenters. The van der Waals surface area contributed by atoms with Gasteiger partial charge in [-0.3, -0.25) is 0 Å². The van der Waals surface area contributed by atoms with Gasteiger partial charge in [0, 0.05) is 13.0 Å². The third-order valence-electron chi connectivity index (χ3n) is 2.51. The predicted molar refractivity (Wildman–Crippen MR) is 44.4 cm³/mol. The third kappa shape index (κ3) is 1.94. The topological polar surface area (TPSA) is 44.8 Å². The summed E-state index contributed by atoms with van der Waals surface area (Å²) < 4.78 is 15.5. The zero-order chi connectivity index (χ0) is 9.26. The summed E-state index contributed by atoms with van der Waals surface area (Å²) in [5.41, 5.74) is 0. The Labute approximate surface area is 77.1 Å². The van der Waals surface area contributed by atoms with Gasteiger partial charge in [0.05, 0.1) is 6.10 Å². The molecule has 4 heteroatoms. The van der Waals surface area contributed by atoms with Crippen molar-refractivity contribution in [1.29, 1.82) is 0 Å². The standard InChI is InChI=1S/C9H14O4/c1-6-5-8-7(3-2-4-11-6)12-9(10)13-8/h6-8H,2-5H2,1H3/t6-,7+,8?/m0/s1. The van der Waals surface area contributed by atoms with E-state index in [9.17, 15) is 4.79 Å². The summed E-state index contributed by atoms with van der Waals surface area (Å²) in [7, 11) is 0. The molecule has 2 aliphatic rings. The number of carbonyl (C=O) groups is 1. The number of carbonyl (C=O) groups excluding carboxylic acids is 1. The maximum absolute atomic E-state index is 10.9. The lowest BCUT2D eigenvalue weighted by Crippen LogP contribution is -2.30. The Bertz CT molecular complexity index is 204. The van der Waals surface area contributed by atoms with Crippen LogP contribution in [0.25, 0.3) is 0 Å². The molecule has 2 aliphatic heterocycles. The molecule has 0 amide bonds. The summed E-state index contributed by atoms with van der Waals surface area (Å²) in [5.74, 6) is 0. The van der Waals surface area contributed by atoms with Crippen molar-refractivity contribution in [1.82, 2.24) is 0 Å². The molecule has 13 heavy (non-hydrogen) atoms. The van der Waals surface area contributed by atoms with Gasteiger partial charge in [-0.25, -0.2) is 4.79 Å². The second kappa shape index (κ2) is 3.54. The summed E-state index contributed by atoms with van der Waals surface area (Å²) in [6, 6.07) is 0. The molecule has 2 fully saturated rings. The number of fused-ring (bicyclic) bond motifs is 1. The first-order valence-electron chi connectivity index (χ1n) is 4.74. The minimum absolute atomic E-state index is 0.0427. The second-order valence-electron chi connectivity index (χ2n) is 3.62. The van der Waals surface area contributed by atoms with Crippen LogP contribution in [0.5, 0.6) is 0 Å². The van der Waals surface area contributed by atoms with Gasteiger partial charge in [-0.2, -0.15) is 0 Å². The van der Waals surface area contributed by atoms with E-state index in [2.05, 4.69) is 0 Å². The van der Waals surface area contributed by atoms with Gasteiger partial charge in [0.1, 0.15) is 12.2 Å². The van der Waals surface area contributed by atoms with Crippen molar-refractivity contribution in [3.8, 4) is 0 Å². The number of hydrogen-bond donors (Lipinski definition) is 0. The van der Waals surface area contributed by atoms with Gasteiger partial charge in [-0.15, -0.1) is 0 Å². The Morgan fingerprint density at radius 3 is 2.92 bits per heavy atom. The highest BCUT2D eigenvalue weighted by atomic mass is 16.8. The normalized spacial score (nSPS) is 39.8. The molecular formula is C9H14O4. The van der Waals surface area contributed by atoms with Crippen molar-refractivity contribution in [3.05, 3.63) is 0 Å². The molecule has 0 aliphatic carbocycles. The molecule has 4 nitrogen and oxygen atoms in total. The zero-order valence-electron chi connectivity index (χ0n) is 7.69. The van der Waals surface area contributed by atoms with Crippen molar-refractivity contribution < 1.29 is 19.0 Å². The fraction of sp³-hybridized carbons (Fsp3) is 0.889. The van der Waals surface area contributed by atoms with Crippen molar-refractivity contribution in [2.75, 3.05) is 6.61 Å². The predicted octanol–water partition coefficient (Wildman–Crippen LogP) is 1.48. The fourth-order valence-corrected chi connectivity index (χ4v) is 1.84. The molecule has 0 aromatic heterocycles. The van der Waals surface area contributed by atoms with Crippen LogP contribution in [0.2, 0.25) is 0 Å². The molecule has 0 aromatic carbocycles. The Morgan fingerprint density at radius 2 is 2.08 bits per heavy atom. The van der Waals surface area contributed by atoms with Crippen LogP contribution in [0.15, 0.2) is 0 Å². The zero-order valence-corrected chi connectivity index (χ0v) is 7.69. The molecule has 74 valence electrons. The lowest BCUT2D eigenvalue weighted by molar-refractivity contribution is -0.00150.